The Balaban J connectivity index is 1.85. The van der Waals surface area contributed by atoms with Crippen molar-refractivity contribution in [3.63, 3.8) is 0 Å². The van der Waals surface area contributed by atoms with Crippen LogP contribution in [0.2, 0.25) is 0 Å². The molecule has 0 radical (unpaired) electrons. The molecule has 5 nitrogen and oxygen atoms in total. The molecule has 0 fully saturated rings. The largest absolute Gasteiger partial charge is 0.478 e. The summed E-state index contributed by atoms with van der Waals surface area (Å²) >= 11 is 0. The number of fused-ring (bicyclic) bond motifs is 1. The molecule has 0 spiro atoms. The number of hydrogen-bond acceptors (Lipinski definition) is 2. The van der Waals surface area contributed by atoms with Gasteiger partial charge in [-0.2, -0.15) is 0 Å². The van der Waals surface area contributed by atoms with E-state index < -0.39 is 5.97 Å². The van der Waals surface area contributed by atoms with Gasteiger partial charge in [0.25, 0.3) is 0 Å². The summed E-state index contributed by atoms with van der Waals surface area (Å²) < 4.78 is 2.16. The van der Waals surface area contributed by atoms with Crippen molar-refractivity contribution in [2.45, 2.75) is 26.8 Å². The summed E-state index contributed by atoms with van der Waals surface area (Å²) in [4.78, 5) is 11.8. The van der Waals surface area contributed by atoms with Crippen LogP contribution in [-0.2, 0) is 13.0 Å². The fraction of sp³-hybridized carbons (Fsp3) is 0.154. The molecule has 0 aliphatic carbocycles. The summed E-state index contributed by atoms with van der Waals surface area (Å²) in [5.41, 5.74) is 12.7. The third-order valence-electron chi connectivity index (χ3n) is 5.71. The van der Waals surface area contributed by atoms with Crippen LogP contribution in [0.25, 0.3) is 22.0 Å². The van der Waals surface area contributed by atoms with Crippen molar-refractivity contribution in [3.8, 4) is 11.1 Å². The van der Waals surface area contributed by atoms with Crippen LogP contribution in [0.5, 0.6) is 0 Å². The van der Waals surface area contributed by atoms with Gasteiger partial charge in [-0.05, 0) is 48.2 Å². The topological polar surface area (TPSA) is 92.1 Å². The number of carboxylic acids is 1. The standard InChI is InChI=1S/C26H25N3O2/c1-3-29-15-19(21-11-9-18(25(27)28)14-24(21)29)13-17-6-4-5-7-20(17)23-12-16(2)8-10-22(23)26(30)31/h4-12,14-15H,3,13H2,1-2H3,(H3,27,28)(H,30,31). The molecular formula is C26H25N3O2. The minimum atomic E-state index is -0.927. The first kappa shape index (κ1) is 20.4. The lowest BCUT2D eigenvalue weighted by Gasteiger charge is -2.13. The molecule has 0 bridgehead atoms. The molecule has 156 valence electrons. The van der Waals surface area contributed by atoms with E-state index >= 15 is 0 Å². The molecule has 0 atom stereocenters. The molecular weight excluding hydrogens is 386 g/mol. The number of nitrogens with zero attached hydrogens (tertiary/aromatic N) is 1. The molecule has 3 aromatic carbocycles. The summed E-state index contributed by atoms with van der Waals surface area (Å²) in [7, 11) is 0. The predicted octanol–water partition coefficient (Wildman–Crippen LogP) is 5.21. The second kappa shape index (κ2) is 8.11. The molecule has 0 saturated heterocycles. The predicted molar refractivity (Wildman–Crippen MR) is 125 cm³/mol. The first-order chi connectivity index (χ1) is 14.9. The molecule has 4 aromatic rings. The highest BCUT2D eigenvalue weighted by Crippen LogP contribution is 2.32. The summed E-state index contributed by atoms with van der Waals surface area (Å²) in [6, 6.07) is 19.3. The van der Waals surface area contributed by atoms with Gasteiger partial charge in [-0.1, -0.05) is 54.1 Å². The van der Waals surface area contributed by atoms with Crippen molar-refractivity contribution >= 4 is 22.7 Å². The number of carbonyl (C=O) groups is 1. The Morgan fingerprint density at radius 1 is 1.03 bits per heavy atom. The maximum atomic E-state index is 11.8. The van der Waals surface area contributed by atoms with Crippen molar-refractivity contribution in [2.75, 3.05) is 0 Å². The Morgan fingerprint density at radius 2 is 1.81 bits per heavy atom. The van der Waals surface area contributed by atoms with E-state index in [0.29, 0.717) is 17.5 Å². The van der Waals surface area contributed by atoms with Gasteiger partial charge in [0, 0.05) is 35.6 Å². The van der Waals surface area contributed by atoms with Crippen molar-refractivity contribution in [1.82, 2.24) is 4.57 Å². The number of amidine groups is 1. The van der Waals surface area contributed by atoms with E-state index in [1.165, 1.54) is 0 Å². The zero-order valence-corrected chi connectivity index (χ0v) is 17.6. The van der Waals surface area contributed by atoms with Gasteiger partial charge in [0.2, 0.25) is 0 Å². The average molecular weight is 412 g/mol. The number of aryl methyl sites for hydroxylation is 2. The van der Waals surface area contributed by atoms with E-state index in [9.17, 15) is 9.90 Å². The zero-order valence-electron chi connectivity index (χ0n) is 17.6. The molecule has 0 aliphatic rings. The van der Waals surface area contributed by atoms with Crippen molar-refractivity contribution < 1.29 is 9.90 Å². The highest BCUT2D eigenvalue weighted by atomic mass is 16.4. The molecule has 5 heteroatoms. The van der Waals surface area contributed by atoms with Crippen LogP contribution in [0.1, 0.15) is 39.5 Å². The van der Waals surface area contributed by atoms with Gasteiger partial charge in [-0.25, -0.2) is 4.79 Å². The molecule has 4 rings (SSSR count). The fourth-order valence-corrected chi connectivity index (χ4v) is 4.15. The van der Waals surface area contributed by atoms with Crippen molar-refractivity contribution in [3.05, 3.63) is 94.7 Å². The molecule has 0 saturated carbocycles. The van der Waals surface area contributed by atoms with Crippen LogP contribution in [0.3, 0.4) is 0 Å². The van der Waals surface area contributed by atoms with Crippen LogP contribution >= 0.6 is 0 Å². The number of aromatic nitrogens is 1. The van der Waals surface area contributed by atoms with E-state index in [-0.39, 0.29) is 5.84 Å². The SMILES string of the molecule is CCn1cc(Cc2ccccc2-c2cc(C)ccc2C(=O)O)c2ccc(C(=N)N)cc21. The van der Waals surface area contributed by atoms with Gasteiger partial charge in [-0.3, -0.25) is 5.41 Å². The van der Waals surface area contributed by atoms with E-state index in [2.05, 4.69) is 23.8 Å². The third-order valence-corrected chi connectivity index (χ3v) is 5.71. The maximum absolute atomic E-state index is 11.8. The number of nitrogen functional groups attached to an aromatic ring is 1. The lowest BCUT2D eigenvalue weighted by Crippen LogP contribution is -2.10. The number of aromatic carboxylic acids is 1. The van der Waals surface area contributed by atoms with Gasteiger partial charge in [0.05, 0.1) is 5.56 Å². The van der Waals surface area contributed by atoms with E-state index in [1.807, 2.05) is 55.5 Å². The van der Waals surface area contributed by atoms with Crippen LogP contribution in [0, 0.1) is 12.3 Å². The smallest absolute Gasteiger partial charge is 0.336 e. The Morgan fingerprint density at radius 3 is 2.52 bits per heavy atom. The number of benzene rings is 3. The van der Waals surface area contributed by atoms with Crippen molar-refractivity contribution in [2.24, 2.45) is 5.73 Å². The molecule has 0 amide bonds. The quantitative estimate of drug-likeness (QED) is 0.300. The van der Waals surface area contributed by atoms with Gasteiger partial charge < -0.3 is 15.4 Å². The molecule has 0 unspecified atom stereocenters. The molecule has 31 heavy (non-hydrogen) atoms. The fourth-order valence-electron chi connectivity index (χ4n) is 4.15. The summed E-state index contributed by atoms with van der Waals surface area (Å²) in [6.45, 7) is 4.86. The Labute approximate surface area is 181 Å². The minimum absolute atomic E-state index is 0.0540. The van der Waals surface area contributed by atoms with Crippen LogP contribution in [-0.4, -0.2) is 21.5 Å². The van der Waals surface area contributed by atoms with E-state index in [4.69, 9.17) is 11.1 Å². The molecule has 0 aliphatic heterocycles. The van der Waals surface area contributed by atoms with Gasteiger partial charge in [-0.15, -0.1) is 0 Å². The summed E-state index contributed by atoms with van der Waals surface area (Å²) in [6.07, 6.45) is 2.81. The lowest BCUT2D eigenvalue weighted by atomic mass is 9.91. The first-order valence-corrected chi connectivity index (χ1v) is 10.3. The second-order valence-electron chi connectivity index (χ2n) is 7.77. The highest BCUT2D eigenvalue weighted by Gasteiger charge is 2.16. The third kappa shape index (κ3) is 3.82. The van der Waals surface area contributed by atoms with Crippen molar-refractivity contribution in [1.29, 1.82) is 5.41 Å². The Hall–Kier alpha value is -3.86. The van der Waals surface area contributed by atoms with Crippen LogP contribution in [0.15, 0.2) is 66.9 Å². The number of hydrogen-bond donors (Lipinski definition) is 3. The number of carboxylic acid groups (broad SMARTS) is 1. The van der Waals surface area contributed by atoms with E-state index in [1.54, 1.807) is 6.07 Å². The summed E-state index contributed by atoms with van der Waals surface area (Å²) in [5.74, 6) is -0.873. The highest BCUT2D eigenvalue weighted by molar-refractivity contribution is 5.99. The number of nitrogens with two attached hydrogens (primary N) is 1. The lowest BCUT2D eigenvalue weighted by molar-refractivity contribution is 0.0697. The van der Waals surface area contributed by atoms with Crippen LogP contribution in [0.4, 0.5) is 0 Å². The Kier molecular flexibility index (Phi) is 5.34. The molecule has 1 aromatic heterocycles. The Bertz CT molecular complexity index is 1320. The number of nitrogens with one attached hydrogen (secondary N) is 1. The monoisotopic (exact) mass is 411 g/mol. The molecule has 4 N–H and O–H groups in total. The maximum Gasteiger partial charge on any atom is 0.336 e. The normalized spacial score (nSPS) is 11.0. The first-order valence-electron chi connectivity index (χ1n) is 10.3. The van der Waals surface area contributed by atoms with Crippen LogP contribution < -0.4 is 5.73 Å². The summed E-state index contributed by atoms with van der Waals surface area (Å²) in [5, 5.41) is 18.6. The minimum Gasteiger partial charge on any atom is -0.478 e. The average Bonchev–Trinajstić information content (AvgIpc) is 3.10. The molecule has 1 heterocycles. The second-order valence-corrected chi connectivity index (χ2v) is 7.77. The van der Waals surface area contributed by atoms with Gasteiger partial charge in [0.15, 0.2) is 0 Å². The number of rotatable bonds is 6. The van der Waals surface area contributed by atoms with Gasteiger partial charge >= 0.3 is 5.97 Å². The van der Waals surface area contributed by atoms with Gasteiger partial charge in [0.1, 0.15) is 5.84 Å². The zero-order chi connectivity index (χ0) is 22.1. The van der Waals surface area contributed by atoms with E-state index in [0.717, 1.165) is 45.3 Å².